The van der Waals surface area contributed by atoms with E-state index in [2.05, 4.69) is 4.98 Å². The molecule has 0 spiro atoms. The highest BCUT2D eigenvalue weighted by atomic mass is 32.1. The largest absolute Gasteiger partial charge is 0.458 e. The van der Waals surface area contributed by atoms with Gasteiger partial charge in [-0.3, -0.25) is 4.79 Å². The van der Waals surface area contributed by atoms with Crippen molar-refractivity contribution >= 4 is 27.3 Å². The van der Waals surface area contributed by atoms with Crippen LogP contribution in [0.3, 0.4) is 0 Å². The average Bonchev–Trinajstić information content (AvgIpc) is 3.04. The smallest absolute Gasteiger partial charge is 0.204 e. The van der Waals surface area contributed by atoms with Gasteiger partial charge < -0.3 is 4.42 Å². The van der Waals surface area contributed by atoms with Crippen molar-refractivity contribution in [3.63, 3.8) is 0 Å². The lowest BCUT2D eigenvalue weighted by Crippen LogP contribution is -2.01. The van der Waals surface area contributed by atoms with E-state index < -0.39 is 0 Å². The molecule has 0 aliphatic carbocycles. The summed E-state index contributed by atoms with van der Waals surface area (Å²) in [6, 6.07) is 11.5. The number of fused-ring (bicyclic) bond motifs is 1. The standard InChI is InChI=1S/C15H13NO2S/c1-2-10-7-8-13(18-10)12(17)9-15-16-11-5-3-4-6-14(11)19-15/h3-8H,2,9H2,1H3. The fourth-order valence-electron chi connectivity index (χ4n) is 1.94. The van der Waals surface area contributed by atoms with Crippen molar-refractivity contribution in [2.45, 2.75) is 19.8 Å². The summed E-state index contributed by atoms with van der Waals surface area (Å²) in [7, 11) is 0. The molecule has 1 aromatic carbocycles. The van der Waals surface area contributed by atoms with Crippen LogP contribution in [0.1, 0.15) is 28.2 Å². The van der Waals surface area contributed by atoms with Crippen molar-refractivity contribution in [3.8, 4) is 0 Å². The van der Waals surface area contributed by atoms with Crippen molar-refractivity contribution in [1.82, 2.24) is 4.98 Å². The van der Waals surface area contributed by atoms with E-state index in [1.54, 1.807) is 17.4 Å². The first-order valence-electron chi connectivity index (χ1n) is 6.22. The molecule has 2 heterocycles. The predicted octanol–water partition coefficient (Wildman–Crippen LogP) is 3.88. The Morgan fingerprint density at radius 1 is 1.26 bits per heavy atom. The number of para-hydroxylation sites is 1. The number of carbonyl (C=O) groups excluding carboxylic acids is 1. The number of thiazole rings is 1. The number of Topliss-reactive ketones (excluding diaryl/α,β-unsaturated/α-hetero) is 1. The average molecular weight is 271 g/mol. The summed E-state index contributed by atoms with van der Waals surface area (Å²) in [6.45, 7) is 2.00. The lowest BCUT2D eigenvalue weighted by molar-refractivity contribution is 0.0965. The molecule has 0 unspecified atom stereocenters. The van der Waals surface area contributed by atoms with Crippen molar-refractivity contribution < 1.29 is 9.21 Å². The van der Waals surface area contributed by atoms with Crippen LogP contribution in [0.5, 0.6) is 0 Å². The molecule has 19 heavy (non-hydrogen) atoms. The van der Waals surface area contributed by atoms with Crippen molar-refractivity contribution in [3.05, 3.63) is 52.9 Å². The van der Waals surface area contributed by atoms with E-state index in [-0.39, 0.29) is 5.78 Å². The first-order chi connectivity index (χ1) is 9.26. The minimum atomic E-state index is -0.0150. The molecule has 0 bridgehead atoms. The minimum absolute atomic E-state index is 0.0150. The number of aryl methyl sites for hydroxylation is 1. The van der Waals surface area contributed by atoms with Crippen LogP contribution < -0.4 is 0 Å². The second-order valence-electron chi connectivity index (χ2n) is 4.29. The summed E-state index contributed by atoms with van der Waals surface area (Å²) in [5.41, 5.74) is 0.948. The van der Waals surface area contributed by atoms with E-state index in [0.29, 0.717) is 12.2 Å². The summed E-state index contributed by atoms with van der Waals surface area (Å²) < 4.78 is 6.58. The molecule has 2 aromatic heterocycles. The van der Waals surface area contributed by atoms with E-state index in [0.717, 1.165) is 27.4 Å². The third-order valence-electron chi connectivity index (χ3n) is 2.93. The highest BCUT2D eigenvalue weighted by Gasteiger charge is 2.14. The topological polar surface area (TPSA) is 43.1 Å². The van der Waals surface area contributed by atoms with Crippen LogP contribution in [0, 0.1) is 0 Å². The molecule has 0 fully saturated rings. The number of carbonyl (C=O) groups is 1. The highest BCUT2D eigenvalue weighted by Crippen LogP contribution is 2.23. The van der Waals surface area contributed by atoms with Gasteiger partial charge in [0.2, 0.25) is 5.78 Å². The van der Waals surface area contributed by atoms with Crippen LogP contribution in [0.25, 0.3) is 10.2 Å². The van der Waals surface area contributed by atoms with Gasteiger partial charge in [-0.1, -0.05) is 19.1 Å². The fourth-order valence-corrected chi connectivity index (χ4v) is 2.90. The maximum Gasteiger partial charge on any atom is 0.204 e. The van der Waals surface area contributed by atoms with Crippen LogP contribution >= 0.6 is 11.3 Å². The number of benzene rings is 1. The molecule has 0 aliphatic heterocycles. The molecule has 0 saturated carbocycles. The Bertz CT molecular complexity index is 693. The number of furan rings is 1. The maximum absolute atomic E-state index is 12.1. The molecular formula is C15H13NO2S. The maximum atomic E-state index is 12.1. The highest BCUT2D eigenvalue weighted by molar-refractivity contribution is 7.18. The zero-order valence-electron chi connectivity index (χ0n) is 10.6. The van der Waals surface area contributed by atoms with Gasteiger partial charge in [-0.15, -0.1) is 11.3 Å². The molecule has 96 valence electrons. The SMILES string of the molecule is CCc1ccc(C(=O)Cc2nc3ccccc3s2)o1. The summed E-state index contributed by atoms with van der Waals surface area (Å²) >= 11 is 1.56. The van der Waals surface area contributed by atoms with Gasteiger partial charge in [-0.2, -0.15) is 0 Å². The van der Waals surface area contributed by atoms with Crippen molar-refractivity contribution in [2.75, 3.05) is 0 Å². The Balaban J connectivity index is 1.82. The molecule has 4 heteroatoms. The molecular weight excluding hydrogens is 258 g/mol. The van der Waals surface area contributed by atoms with Gasteiger partial charge in [0.1, 0.15) is 10.8 Å². The number of rotatable bonds is 4. The monoisotopic (exact) mass is 271 g/mol. The zero-order chi connectivity index (χ0) is 13.2. The zero-order valence-corrected chi connectivity index (χ0v) is 11.4. The molecule has 0 atom stereocenters. The lowest BCUT2D eigenvalue weighted by Gasteiger charge is -1.93. The van der Waals surface area contributed by atoms with Gasteiger partial charge >= 0.3 is 0 Å². The van der Waals surface area contributed by atoms with Gasteiger partial charge in [-0.05, 0) is 24.3 Å². The first-order valence-corrected chi connectivity index (χ1v) is 7.04. The van der Waals surface area contributed by atoms with E-state index in [9.17, 15) is 4.79 Å². The predicted molar refractivity (Wildman–Crippen MR) is 75.7 cm³/mol. The summed E-state index contributed by atoms with van der Waals surface area (Å²) in [5, 5.41) is 0.834. The first kappa shape index (κ1) is 12.1. The molecule has 3 rings (SSSR count). The fraction of sp³-hybridized carbons (Fsp3) is 0.200. The minimum Gasteiger partial charge on any atom is -0.458 e. The molecule has 0 N–H and O–H groups in total. The molecule has 3 nitrogen and oxygen atoms in total. The van der Waals surface area contributed by atoms with E-state index in [1.165, 1.54) is 0 Å². The van der Waals surface area contributed by atoms with Gasteiger partial charge in [0.15, 0.2) is 5.76 Å². The van der Waals surface area contributed by atoms with Crippen molar-refractivity contribution in [2.24, 2.45) is 0 Å². The Morgan fingerprint density at radius 3 is 2.84 bits per heavy atom. The third-order valence-corrected chi connectivity index (χ3v) is 3.97. The van der Waals surface area contributed by atoms with Gasteiger partial charge in [-0.25, -0.2) is 4.98 Å². The summed E-state index contributed by atoms with van der Waals surface area (Å²) in [5.74, 6) is 1.25. The van der Waals surface area contributed by atoms with E-state index >= 15 is 0 Å². The molecule has 0 aliphatic rings. The number of aromatic nitrogens is 1. The molecule has 0 saturated heterocycles. The third kappa shape index (κ3) is 2.44. The van der Waals surface area contributed by atoms with Gasteiger partial charge in [0.25, 0.3) is 0 Å². The van der Waals surface area contributed by atoms with Crippen LogP contribution in [0.2, 0.25) is 0 Å². The molecule has 0 radical (unpaired) electrons. The number of ketones is 1. The lowest BCUT2D eigenvalue weighted by atomic mass is 10.2. The normalized spacial score (nSPS) is 11.0. The van der Waals surface area contributed by atoms with E-state index in [4.69, 9.17) is 4.42 Å². The summed E-state index contributed by atoms with van der Waals surface area (Å²) in [6.07, 6.45) is 1.10. The van der Waals surface area contributed by atoms with Crippen LogP contribution in [0.4, 0.5) is 0 Å². The summed E-state index contributed by atoms with van der Waals surface area (Å²) in [4.78, 5) is 16.6. The van der Waals surface area contributed by atoms with E-state index in [1.807, 2.05) is 37.3 Å². The number of hydrogen-bond acceptors (Lipinski definition) is 4. The Kier molecular flexibility index (Phi) is 3.17. The second-order valence-corrected chi connectivity index (χ2v) is 5.41. The van der Waals surface area contributed by atoms with Crippen LogP contribution in [0.15, 0.2) is 40.8 Å². The van der Waals surface area contributed by atoms with Crippen LogP contribution in [-0.4, -0.2) is 10.8 Å². The molecule has 0 amide bonds. The number of nitrogens with zero attached hydrogens (tertiary/aromatic N) is 1. The Labute approximate surface area is 114 Å². The quantitative estimate of drug-likeness (QED) is 0.676. The van der Waals surface area contributed by atoms with Gasteiger partial charge in [0.05, 0.1) is 16.6 Å². The number of hydrogen-bond donors (Lipinski definition) is 0. The van der Waals surface area contributed by atoms with Gasteiger partial charge in [0, 0.05) is 6.42 Å². The molecule has 3 aromatic rings. The van der Waals surface area contributed by atoms with Crippen molar-refractivity contribution in [1.29, 1.82) is 0 Å². The van der Waals surface area contributed by atoms with Crippen LogP contribution in [-0.2, 0) is 12.8 Å². The Morgan fingerprint density at radius 2 is 2.11 bits per heavy atom. The second kappa shape index (κ2) is 4.97. The Hall–Kier alpha value is -1.94.